The highest BCUT2D eigenvalue weighted by atomic mass is 32.1. The lowest BCUT2D eigenvalue weighted by Crippen LogP contribution is -2.20. The van der Waals surface area contributed by atoms with Crippen molar-refractivity contribution in [2.24, 2.45) is 0 Å². The number of hydrogen-bond donors (Lipinski definition) is 1. The zero-order valence-electron chi connectivity index (χ0n) is 11.6. The van der Waals surface area contributed by atoms with Crippen molar-refractivity contribution in [1.29, 1.82) is 0 Å². The van der Waals surface area contributed by atoms with E-state index in [0.717, 1.165) is 19.6 Å². The van der Waals surface area contributed by atoms with E-state index in [2.05, 4.69) is 50.0 Å². The monoisotopic (exact) mass is 275 g/mol. The van der Waals surface area contributed by atoms with Crippen LogP contribution in [-0.2, 0) is 4.74 Å². The highest BCUT2D eigenvalue weighted by molar-refractivity contribution is 7.19. The minimum absolute atomic E-state index is 0.390. The first kappa shape index (κ1) is 14.1. The second-order valence-electron chi connectivity index (χ2n) is 4.65. The third-order valence-corrected chi connectivity index (χ3v) is 4.74. The van der Waals surface area contributed by atoms with E-state index < -0.39 is 0 Å². The van der Waals surface area contributed by atoms with E-state index in [1.54, 1.807) is 0 Å². The molecule has 1 aromatic heterocycles. The molecule has 0 bridgehead atoms. The summed E-state index contributed by atoms with van der Waals surface area (Å²) in [4.78, 5) is 1.44. The largest absolute Gasteiger partial charge is 0.502 e. The Balaban J connectivity index is 1.99. The lowest BCUT2D eigenvalue weighted by Gasteiger charge is -2.13. The van der Waals surface area contributed by atoms with Crippen LogP contribution < -0.4 is 5.32 Å². The molecular weight excluding hydrogens is 254 g/mol. The van der Waals surface area contributed by atoms with Gasteiger partial charge in [0.25, 0.3) is 0 Å². The first-order valence-corrected chi connectivity index (χ1v) is 7.49. The maximum absolute atomic E-state index is 5.12. The van der Waals surface area contributed by atoms with Gasteiger partial charge in [0.05, 0.1) is 12.9 Å². The highest BCUT2D eigenvalue weighted by Gasteiger charge is 2.13. The molecule has 3 heteroatoms. The lowest BCUT2D eigenvalue weighted by molar-refractivity contribution is 0.243. The average Bonchev–Trinajstić information content (AvgIpc) is 2.76. The highest BCUT2D eigenvalue weighted by Crippen LogP contribution is 2.34. The van der Waals surface area contributed by atoms with Crippen molar-refractivity contribution >= 4 is 21.4 Å². The van der Waals surface area contributed by atoms with E-state index in [1.807, 2.05) is 11.3 Å². The van der Waals surface area contributed by atoms with Crippen molar-refractivity contribution < 1.29 is 4.74 Å². The fraction of sp³-hybridized carbons (Fsp3) is 0.375. The van der Waals surface area contributed by atoms with Gasteiger partial charge in [0, 0.05) is 15.6 Å². The van der Waals surface area contributed by atoms with Crippen molar-refractivity contribution in [3.05, 3.63) is 47.5 Å². The Bertz CT molecular complexity index is 547. The van der Waals surface area contributed by atoms with Crippen LogP contribution in [0.25, 0.3) is 10.1 Å². The SMILES string of the molecule is C=COCCCNC(C)c1sc2ccccc2c1C. The van der Waals surface area contributed by atoms with Gasteiger partial charge >= 0.3 is 0 Å². The van der Waals surface area contributed by atoms with Gasteiger partial charge in [-0.05, 0) is 43.8 Å². The number of nitrogens with one attached hydrogen (secondary N) is 1. The molecule has 1 heterocycles. The van der Waals surface area contributed by atoms with Gasteiger partial charge < -0.3 is 10.1 Å². The Labute approximate surface area is 119 Å². The van der Waals surface area contributed by atoms with Gasteiger partial charge in [0.1, 0.15) is 0 Å². The molecule has 0 spiro atoms. The third kappa shape index (κ3) is 3.37. The van der Waals surface area contributed by atoms with Gasteiger partial charge in [-0.25, -0.2) is 0 Å². The van der Waals surface area contributed by atoms with Crippen LogP contribution >= 0.6 is 11.3 Å². The van der Waals surface area contributed by atoms with Crippen LogP contribution in [0.3, 0.4) is 0 Å². The molecule has 1 N–H and O–H groups in total. The fourth-order valence-corrected chi connectivity index (χ4v) is 3.49. The van der Waals surface area contributed by atoms with Crippen LogP contribution in [0, 0.1) is 6.92 Å². The van der Waals surface area contributed by atoms with E-state index in [-0.39, 0.29) is 0 Å². The fourth-order valence-electron chi connectivity index (χ4n) is 2.26. The Kier molecular flexibility index (Phi) is 5.00. The summed E-state index contributed by atoms with van der Waals surface area (Å²) < 4.78 is 6.49. The molecule has 102 valence electrons. The Hall–Kier alpha value is -1.32. The van der Waals surface area contributed by atoms with Crippen LogP contribution in [0.1, 0.15) is 29.8 Å². The number of hydrogen-bond acceptors (Lipinski definition) is 3. The molecule has 0 radical (unpaired) electrons. The molecule has 2 aromatic rings. The van der Waals surface area contributed by atoms with Crippen LogP contribution in [0.4, 0.5) is 0 Å². The molecule has 0 aliphatic heterocycles. The molecule has 0 fully saturated rings. The van der Waals surface area contributed by atoms with Crippen molar-refractivity contribution in [2.75, 3.05) is 13.2 Å². The minimum atomic E-state index is 0.390. The molecular formula is C16H21NOS. The molecule has 2 nitrogen and oxygen atoms in total. The summed E-state index contributed by atoms with van der Waals surface area (Å²) >= 11 is 1.89. The topological polar surface area (TPSA) is 21.3 Å². The number of fused-ring (bicyclic) bond motifs is 1. The normalized spacial score (nSPS) is 12.5. The molecule has 1 aromatic carbocycles. The van der Waals surface area contributed by atoms with Gasteiger partial charge in [-0.2, -0.15) is 0 Å². The Morgan fingerprint density at radius 2 is 2.21 bits per heavy atom. The van der Waals surface area contributed by atoms with Gasteiger partial charge in [-0.15, -0.1) is 11.3 Å². The number of thiophene rings is 1. The molecule has 0 amide bonds. The molecule has 0 saturated carbocycles. The predicted molar refractivity (Wildman–Crippen MR) is 83.7 cm³/mol. The smallest absolute Gasteiger partial charge is 0.0885 e. The van der Waals surface area contributed by atoms with Crippen molar-refractivity contribution in [3.63, 3.8) is 0 Å². The van der Waals surface area contributed by atoms with Crippen molar-refractivity contribution in [1.82, 2.24) is 5.32 Å². The van der Waals surface area contributed by atoms with Crippen LogP contribution in [0.15, 0.2) is 37.1 Å². The average molecular weight is 275 g/mol. The summed E-state index contributed by atoms with van der Waals surface area (Å²) in [5, 5.41) is 4.94. The molecule has 1 unspecified atom stereocenters. The van der Waals surface area contributed by atoms with Crippen LogP contribution in [0.2, 0.25) is 0 Å². The van der Waals surface area contributed by atoms with E-state index in [9.17, 15) is 0 Å². The van der Waals surface area contributed by atoms with Crippen LogP contribution in [0.5, 0.6) is 0 Å². The van der Waals surface area contributed by atoms with Gasteiger partial charge in [-0.3, -0.25) is 0 Å². The predicted octanol–water partition coefficient (Wildman–Crippen LogP) is 4.41. The Morgan fingerprint density at radius 1 is 1.42 bits per heavy atom. The summed E-state index contributed by atoms with van der Waals surface area (Å²) in [5.74, 6) is 0. The minimum Gasteiger partial charge on any atom is -0.502 e. The summed E-state index contributed by atoms with van der Waals surface area (Å²) in [6.07, 6.45) is 2.50. The molecule has 1 atom stereocenters. The number of aryl methyl sites for hydroxylation is 1. The number of benzene rings is 1. The van der Waals surface area contributed by atoms with E-state index in [1.165, 1.54) is 26.8 Å². The van der Waals surface area contributed by atoms with Gasteiger partial charge in [0.2, 0.25) is 0 Å². The lowest BCUT2D eigenvalue weighted by atomic mass is 10.1. The summed E-state index contributed by atoms with van der Waals surface area (Å²) in [6.45, 7) is 9.67. The number of ether oxygens (including phenoxy) is 1. The molecule has 0 aliphatic rings. The quantitative estimate of drug-likeness (QED) is 0.597. The zero-order chi connectivity index (χ0) is 13.7. The van der Waals surface area contributed by atoms with E-state index in [0.29, 0.717) is 6.04 Å². The van der Waals surface area contributed by atoms with Crippen molar-refractivity contribution in [2.45, 2.75) is 26.3 Å². The maximum atomic E-state index is 5.12. The maximum Gasteiger partial charge on any atom is 0.0885 e. The molecule has 19 heavy (non-hydrogen) atoms. The van der Waals surface area contributed by atoms with E-state index in [4.69, 9.17) is 4.74 Å². The summed E-state index contributed by atoms with van der Waals surface area (Å²) in [5.41, 5.74) is 1.41. The van der Waals surface area contributed by atoms with Crippen molar-refractivity contribution in [3.8, 4) is 0 Å². The first-order chi connectivity index (χ1) is 9.24. The second-order valence-corrected chi connectivity index (χ2v) is 5.74. The summed E-state index contributed by atoms with van der Waals surface area (Å²) in [7, 11) is 0. The third-order valence-electron chi connectivity index (χ3n) is 3.28. The summed E-state index contributed by atoms with van der Waals surface area (Å²) in [6, 6.07) is 9.00. The number of rotatable bonds is 7. The standard InChI is InChI=1S/C16H21NOS/c1-4-18-11-7-10-17-13(3)16-12(2)14-8-5-6-9-15(14)19-16/h4-6,8-9,13,17H,1,7,10-11H2,2-3H3. The molecule has 0 aliphatic carbocycles. The second kappa shape index (κ2) is 6.73. The van der Waals surface area contributed by atoms with Gasteiger partial charge in [0.15, 0.2) is 0 Å². The molecule has 0 saturated heterocycles. The zero-order valence-corrected chi connectivity index (χ0v) is 12.4. The Morgan fingerprint density at radius 3 is 2.95 bits per heavy atom. The first-order valence-electron chi connectivity index (χ1n) is 6.68. The molecule has 2 rings (SSSR count). The van der Waals surface area contributed by atoms with Crippen LogP contribution in [-0.4, -0.2) is 13.2 Å². The van der Waals surface area contributed by atoms with E-state index >= 15 is 0 Å². The van der Waals surface area contributed by atoms with Gasteiger partial charge in [-0.1, -0.05) is 24.8 Å².